The van der Waals surface area contributed by atoms with Crippen molar-refractivity contribution in [2.24, 2.45) is 5.73 Å². The zero-order chi connectivity index (χ0) is 14.7. The Balaban J connectivity index is 0.00000132. The Bertz CT molecular complexity index is 370. The summed E-state index contributed by atoms with van der Waals surface area (Å²) in [5.74, 6) is 0.182. The summed E-state index contributed by atoms with van der Waals surface area (Å²) in [6, 6.07) is 0.344. The Morgan fingerprint density at radius 1 is 1.09 bits per heavy atom. The Kier molecular flexibility index (Phi) is 9.11. The highest BCUT2D eigenvalue weighted by atomic mass is 35.5. The highest BCUT2D eigenvalue weighted by Crippen LogP contribution is 2.25. The van der Waals surface area contributed by atoms with Gasteiger partial charge in [0.2, 0.25) is 0 Å². The van der Waals surface area contributed by atoms with Crippen LogP contribution in [0.2, 0.25) is 0 Å². The third-order valence-electron chi connectivity index (χ3n) is 4.88. The van der Waals surface area contributed by atoms with Gasteiger partial charge in [-0.05, 0) is 25.7 Å². The van der Waals surface area contributed by atoms with Crippen LogP contribution in [0.4, 0.5) is 0 Å². The van der Waals surface area contributed by atoms with Crippen molar-refractivity contribution < 1.29 is 14.3 Å². The number of likely N-dealkylation sites (tertiary alicyclic amines) is 1. The number of morpholine rings is 1. The van der Waals surface area contributed by atoms with Crippen molar-refractivity contribution in [1.82, 2.24) is 9.80 Å². The van der Waals surface area contributed by atoms with E-state index in [1.54, 1.807) is 0 Å². The summed E-state index contributed by atoms with van der Waals surface area (Å²) in [7, 11) is 0. The van der Waals surface area contributed by atoms with E-state index >= 15 is 0 Å². The van der Waals surface area contributed by atoms with Crippen molar-refractivity contribution in [3.8, 4) is 0 Å². The predicted octanol–water partition coefficient (Wildman–Crippen LogP) is 0.659. The molecule has 23 heavy (non-hydrogen) atoms. The number of nitrogens with zero attached hydrogens (tertiary/aromatic N) is 2. The lowest BCUT2D eigenvalue weighted by Crippen LogP contribution is -2.49. The molecule has 3 aliphatic rings. The molecule has 1 amide bonds. The molecule has 0 aromatic heterocycles. The van der Waals surface area contributed by atoms with Crippen molar-refractivity contribution >= 4 is 30.7 Å². The second-order valence-electron chi connectivity index (χ2n) is 6.30. The molecule has 3 rings (SSSR count). The first-order valence-electron chi connectivity index (χ1n) is 8.24. The van der Waals surface area contributed by atoms with Gasteiger partial charge in [0, 0.05) is 38.8 Å². The number of rotatable bonds is 4. The lowest BCUT2D eigenvalue weighted by Gasteiger charge is -2.33. The average Bonchev–Trinajstić information content (AvgIpc) is 3.16. The summed E-state index contributed by atoms with van der Waals surface area (Å²) in [6.45, 7) is 5.95. The molecular formula is C15H29Cl2N3O3. The van der Waals surface area contributed by atoms with Gasteiger partial charge in [0.05, 0.1) is 19.3 Å². The van der Waals surface area contributed by atoms with Crippen LogP contribution in [0.5, 0.6) is 0 Å². The van der Waals surface area contributed by atoms with Gasteiger partial charge in [0.25, 0.3) is 5.91 Å². The van der Waals surface area contributed by atoms with Crippen LogP contribution in [0.25, 0.3) is 0 Å². The zero-order valence-electron chi connectivity index (χ0n) is 13.5. The Hall–Kier alpha value is -0.110. The normalized spacial score (nSPS) is 31.5. The highest BCUT2D eigenvalue weighted by molar-refractivity contribution is 5.85. The fraction of sp³-hybridized carbons (Fsp3) is 0.933. The smallest absolute Gasteiger partial charge is 0.252 e. The molecule has 3 heterocycles. The first-order chi connectivity index (χ1) is 10.3. The van der Waals surface area contributed by atoms with Crippen molar-refractivity contribution in [1.29, 1.82) is 0 Å². The van der Waals surface area contributed by atoms with Crippen LogP contribution in [0.1, 0.15) is 25.7 Å². The van der Waals surface area contributed by atoms with Crippen LogP contribution in [-0.4, -0.2) is 79.9 Å². The topological polar surface area (TPSA) is 68.0 Å². The lowest BCUT2D eigenvalue weighted by molar-refractivity contribution is -0.144. The van der Waals surface area contributed by atoms with E-state index in [-0.39, 0.29) is 42.9 Å². The van der Waals surface area contributed by atoms with Crippen LogP contribution in [0.3, 0.4) is 0 Å². The van der Waals surface area contributed by atoms with Gasteiger partial charge in [-0.1, -0.05) is 0 Å². The number of nitrogens with two attached hydrogens (primary N) is 1. The predicted molar refractivity (Wildman–Crippen MR) is 93.4 cm³/mol. The van der Waals surface area contributed by atoms with Crippen molar-refractivity contribution in [3.05, 3.63) is 0 Å². The van der Waals surface area contributed by atoms with Crippen molar-refractivity contribution in [2.75, 3.05) is 45.9 Å². The van der Waals surface area contributed by atoms with Gasteiger partial charge < -0.3 is 20.1 Å². The third kappa shape index (κ3) is 5.18. The van der Waals surface area contributed by atoms with Crippen LogP contribution in [0.15, 0.2) is 0 Å². The molecule has 0 bridgehead atoms. The minimum Gasteiger partial charge on any atom is -0.379 e. The Labute approximate surface area is 150 Å². The van der Waals surface area contributed by atoms with Gasteiger partial charge in [-0.3, -0.25) is 9.69 Å². The molecule has 3 aliphatic heterocycles. The number of hydrogen-bond donors (Lipinski definition) is 1. The maximum absolute atomic E-state index is 12.7. The minimum atomic E-state index is -0.260. The zero-order valence-corrected chi connectivity index (χ0v) is 15.2. The quantitative estimate of drug-likeness (QED) is 0.788. The number of hydrogen-bond acceptors (Lipinski definition) is 5. The van der Waals surface area contributed by atoms with Gasteiger partial charge in [-0.25, -0.2) is 0 Å². The van der Waals surface area contributed by atoms with Gasteiger partial charge in [0.1, 0.15) is 6.10 Å². The number of carbonyl (C=O) groups excluding carboxylic acids is 1. The average molecular weight is 370 g/mol. The molecule has 2 N–H and O–H groups in total. The third-order valence-corrected chi connectivity index (χ3v) is 4.88. The van der Waals surface area contributed by atoms with Gasteiger partial charge in [0.15, 0.2) is 0 Å². The van der Waals surface area contributed by atoms with Crippen LogP contribution in [0, 0.1) is 0 Å². The van der Waals surface area contributed by atoms with E-state index in [4.69, 9.17) is 15.2 Å². The second kappa shape index (κ2) is 10.0. The van der Waals surface area contributed by atoms with Crippen LogP contribution < -0.4 is 5.73 Å². The number of halogens is 2. The summed E-state index contributed by atoms with van der Waals surface area (Å²) in [4.78, 5) is 17.1. The second-order valence-corrected chi connectivity index (χ2v) is 6.30. The summed E-state index contributed by atoms with van der Waals surface area (Å²) >= 11 is 0. The summed E-state index contributed by atoms with van der Waals surface area (Å²) in [5.41, 5.74) is 5.63. The molecule has 0 spiro atoms. The van der Waals surface area contributed by atoms with Gasteiger partial charge in [-0.15, -0.1) is 24.8 Å². The standard InChI is InChI=1S/C15H27N3O3.2ClH/c16-10-13-3-4-14(21-13)15(19)18-5-1-2-12(18)11-17-6-8-20-9-7-17;;/h12-14H,1-11,16H2;2*1H/t12?,13-,14+;;/m1../s1. The molecule has 0 aromatic carbocycles. The molecule has 0 radical (unpaired) electrons. The van der Waals surface area contributed by atoms with E-state index in [2.05, 4.69) is 9.80 Å². The monoisotopic (exact) mass is 369 g/mol. The molecule has 1 unspecified atom stereocenters. The first-order valence-corrected chi connectivity index (χ1v) is 8.24. The Morgan fingerprint density at radius 2 is 1.83 bits per heavy atom. The molecule has 3 atom stereocenters. The van der Waals surface area contributed by atoms with E-state index in [0.717, 1.165) is 65.1 Å². The summed E-state index contributed by atoms with van der Waals surface area (Å²) in [5, 5.41) is 0. The lowest BCUT2D eigenvalue weighted by atomic mass is 10.1. The van der Waals surface area contributed by atoms with E-state index in [1.165, 1.54) is 0 Å². The van der Waals surface area contributed by atoms with E-state index in [9.17, 15) is 4.79 Å². The fourth-order valence-electron chi connectivity index (χ4n) is 3.64. The Morgan fingerprint density at radius 3 is 2.48 bits per heavy atom. The molecule has 3 saturated heterocycles. The minimum absolute atomic E-state index is 0. The summed E-state index contributed by atoms with van der Waals surface area (Å²) in [6.07, 6.45) is 3.75. The molecule has 0 aromatic rings. The molecular weight excluding hydrogens is 341 g/mol. The van der Waals surface area contributed by atoms with Crippen LogP contribution >= 0.6 is 24.8 Å². The van der Waals surface area contributed by atoms with Crippen molar-refractivity contribution in [2.45, 2.75) is 43.9 Å². The van der Waals surface area contributed by atoms with Gasteiger partial charge >= 0.3 is 0 Å². The molecule has 0 saturated carbocycles. The maximum Gasteiger partial charge on any atom is 0.252 e. The van der Waals surface area contributed by atoms with Crippen molar-refractivity contribution in [3.63, 3.8) is 0 Å². The molecule has 8 heteroatoms. The number of carbonyl (C=O) groups is 1. The van der Waals surface area contributed by atoms with Crippen LogP contribution in [-0.2, 0) is 14.3 Å². The molecule has 0 aliphatic carbocycles. The fourth-order valence-corrected chi connectivity index (χ4v) is 3.64. The number of amides is 1. The molecule has 3 fully saturated rings. The highest BCUT2D eigenvalue weighted by Gasteiger charge is 2.38. The molecule has 136 valence electrons. The largest absolute Gasteiger partial charge is 0.379 e. The SMILES string of the molecule is Cl.Cl.NC[C@H]1CC[C@@H](C(=O)N2CCCC2CN2CCOCC2)O1. The van der Waals surface area contributed by atoms with Gasteiger partial charge in [-0.2, -0.15) is 0 Å². The van der Waals surface area contributed by atoms with E-state index in [1.807, 2.05) is 0 Å². The van der Waals surface area contributed by atoms with E-state index in [0.29, 0.717) is 12.6 Å². The van der Waals surface area contributed by atoms with E-state index < -0.39 is 0 Å². The number of ether oxygens (including phenoxy) is 2. The summed E-state index contributed by atoms with van der Waals surface area (Å²) < 4.78 is 11.2. The molecule has 6 nitrogen and oxygen atoms in total. The first kappa shape index (κ1) is 20.9. The maximum atomic E-state index is 12.7.